The molecule has 9 nitrogen and oxygen atoms in total. The highest BCUT2D eigenvalue weighted by atomic mass is 35.5. The molecule has 0 amide bonds. The molecule has 1 unspecified atom stereocenters. The maximum Gasteiger partial charge on any atom is 0.181 e. The number of halogens is 2. The van der Waals surface area contributed by atoms with E-state index in [2.05, 4.69) is 25.6 Å². The number of hydrogen-bond donors (Lipinski definition) is 0. The minimum absolute atomic E-state index is 0.0130. The summed E-state index contributed by atoms with van der Waals surface area (Å²) in [6.07, 6.45) is 13.1. The molecule has 4 heterocycles. The molecule has 6 rings (SSSR count). The first-order valence-electron chi connectivity index (χ1n) is 10.8. The van der Waals surface area contributed by atoms with Gasteiger partial charge < -0.3 is 4.42 Å². The molecular weight excluding hydrogens is 459 g/mol. The SMILES string of the molecule is Fc1c(Cl)ccc(-n2cnnn2)c1-c1ccc(C(CC2CC2)n2cc(-c3cnco3)cn2)nc1. The molecule has 1 fully saturated rings. The van der Waals surface area contributed by atoms with Gasteiger partial charge >= 0.3 is 0 Å². The van der Waals surface area contributed by atoms with Crippen LogP contribution in [0.3, 0.4) is 0 Å². The molecule has 0 N–H and O–H groups in total. The van der Waals surface area contributed by atoms with Gasteiger partial charge in [0, 0.05) is 23.5 Å². The van der Waals surface area contributed by atoms with Crippen LogP contribution in [0.5, 0.6) is 0 Å². The molecule has 0 bridgehead atoms. The van der Waals surface area contributed by atoms with Gasteiger partial charge in [-0.05, 0) is 41.0 Å². The smallest absolute Gasteiger partial charge is 0.181 e. The Bertz CT molecular complexity index is 1410. The molecule has 5 aromatic rings. The molecule has 1 saturated carbocycles. The fourth-order valence-corrected chi connectivity index (χ4v) is 4.21. The Morgan fingerprint density at radius 2 is 2.03 bits per heavy atom. The number of oxazole rings is 1. The van der Waals surface area contributed by atoms with E-state index in [1.54, 1.807) is 24.7 Å². The van der Waals surface area contributed by atoms with Crippen LogP contribution in [-0.4, -0.2) is 40.0 Å². The van der Waals surface area contributed by atoms with Crippen LogP contribution in [0, 0.1) is 11.7 Å². The number of tetrazole rings is 1. The van der Waals surface area contributed by atoms with Gasteiger partial charge in [0.1, 0.15) is 6.33 Å². The Hall–Kier alpha value is -3.92. The number of pyridine rings is 1. The molecule has 34 heavy (non-hydrogen) atoms. The molecule has 0 saturated heterocycles. The van der Waals surface area contributed by atoms with Crippen molar-refractivity contribution in [2.75, 3.05) is 0 Å². The van der Waals surface area contributed by atoms with Crippen LogP contribution in [0.2, 0.25) is 5.02 Å². The lowest BCUT2D eigenvalue weighted by Crippen LogP contribution is -2.13. The minimum atomic E-state index is -0.553. The number of nitrogens with zero attached hydrogens (tertiary/aromatic N) is 8. The molecule has 1 atom stereocenters. The Morgan fingerprint density at radius 1 is 1.12 bits per heavy atom. The molecule has 1 aliphatic rings. The summed E-state index contributed by atoms with van der Waals surface area (Å²) in [7, 11) is 0. The highest BCUT2D eigenvalue weighted by Crippen LogP contribution is 2.40. The Morgan fingerprint density at radius 3 is 2.74 bits per heavy atom. The summed E-state index contributed by atoms with van der Waals surface area (Å²) in [4.78, 5) is 8.69. The predicted molar refractivity (Wildman–Crippen MR) is 121 cm³/mol. The Labute approximate surface area is 198 Å². The first kappa shape index (κ1) is 20.7. The van der Waals surface area contributed by atoms with E-state index in [1.165, 1.54) is 36.3 Å². The molecule has 0 radical (unpaired) electrons. The zero-order valence-electron chi connectivity index (χ0n) is 17.8. The molecule has 0 aliphatic heterocycles. The van der Waals surface area contributed by atoms with Crippen molar-refractivity contribution in [3.8, 4) is 28.1 Å². The van der Waals surface area contributed by atoms with Gasteiger partial charge in [-0.25, -0.2) is 9.37 Å². The number of rotatable bonds is 7. The second kappa shape index (κ2) is 8.45. The fourth-order valence-electron chi connectivity index (χ4n) is 4.06. The van der Waals surface area contributed by atoms with Crippen LogP contribution in [-0.2, 0) is 0 Å². The topological polar surface area (TPSA) is 100 Å². The standard InChI is InChI=1S/C23H18ClFN8O/c24-17-4-6-19(33-12-28-30-31-33)22(23(17)25)15-3-5-18(27-8-15)20(7-14-1-2-14)32-11-16(9-29-32)21-10-26-13-34-21/h3-6,8-14,20H,1-2,7H2. The van der Waals surface area contributed by atoms with E-state index < -0.39 is 5.82 Å². The van der Waals surface area contributed by atoms with E-state index in [0.717, 1.165) is 17.7 Å². The van der Waals surface area contributed by atoms with E-state index in [1.807, 2.05) is 23.0 Å². The quantitative estimate of drug-likeness (QED) is 0.334. The lowest BCUT2D eigenvalue weighted by Gasteiger charge is -2.18. The molecule has 4 aromatic heterocycles. The Balaban J connectivity index is 1.37. The lowest BCUT2D eigenvalue weighted by molar-refractivity contribution is 0.455. The number of aromatic nitrogens is 8. The third kappa shape index (κ3) is 3.86. The molecule has 1 aliphatic carbocycles. The molecule has 170 valence electrons. The first-order valence-corrected chi connectivity index (χ1v) is 11.2. The number of hydrogen-bond acceptors (Lipinski definition) is 7. The van der Waals surface area contributed by atoms with Crippen molar-refractivity contribution < 1.29 is 8.81 Å². The van der Waals surface area contributed by atoms with Crippen LogP contribution >= 0.6 is 11.6 Å². The van der Waals surface area contributed by atoms with E-state index in [9.17, 15) is 0 Å². The van der Waals surface area contributed by atoms with Crippen LogP contribution in [0.4, 0.5) is 4.39 Å². The van der Waals surface area contributed by atoms with E-state index in [4.69, 9.17) is 21.0 Å². The van der Waals surface area contributed by atoms with Crippen molar-refractivity contribution in [3.63, 3.8) is 0 Å². The van der Waals surface area contributed by atoms with Crippen molar-refractivity contribution in [2.24, 2.45) is 5.92 Å². The second-order valence-corrected chi connectivity index (χ2v) is 8.66. The first-order chi connectivity index (χ1) is 16.7. The summed E-state index contributed by atoms with van der Waals surface area (Å²) in [6.45, 7) is 0. The summed E-state index contributed by atoms with van der Waals surface area (Å²) in [6, 6.07) is 6.85. The normalized spacial score (nSPS) is 14.4. The molecule has 1 aromatic carbocycles. The van der Waals surface area contributed by atoms with Gasteiger partial charge in [0.15, 0.2) is 18.0 Å². The highest BCUT2D eigenvalue weighted by Gasteiger charge is 2.29. The van der Waals surface area contributed by atoms with Crippen LogP contribution in [0.1, 0.15) is 31.0 Å². The maximum absolute atomic E-state index is 15.1. The summed E-state index contributed by atoms with van der Waals surface area (Å²) >= 11 is 6.09. The third-order valence-corrected chi connectivity index (χ3v) is 6.27. The summed E-state index contributed by atoms with van der Waals surface area (Å²) in [5.41, 5.74) is 3.02. The van der Waals surface area contributed by atoms with Crippen molar-refractivity contribution >= 4 is 11.6 Å². The summed E-state index contributed by atoms with van der Waals surface area (Å²) in [5, 5.41) is 15.8. The average molecular weight is 477 g/mol. The van der Waals surface area contributed by atoms with Gasteiger partial charge in [-0.15, -0.1) is 5.10 Å². The van der Waals surface area contributed by atoms with Gasteiger partial charge in [0.2, 0.25) is 0 Å². The second-order valence-electron chi connectivity index (χ2n) is 8.25. The lowest BCUT2D eigenvalue weighted by atomic mass is 10.0. The van der Waals surface area contributed by atoms with E-state index in [0.29, 0.717) is 22.9 Å². The van der Waals surface area contributed by atoms with Crippen molar-refractivity contribution in [1.29, 1.82) is 0 Å². The van der Waals surface area contributed by atoms with Crippen LogP contribution < -0.4 is 0 Å². The molecule has 0 spiro atoms. The van der Waals surface area contributed by atoms with Crippen molar-refractivity contribution in [2.45, 2.75) is 25.3 Å². The third-order valence-electron chi connectivity index (χ3n) is 5.98. The highest BCUT2D eigenvalue weighted by molar-refractivity contribution is 6.31. The van der Waals surface area contributed by atoms with Crippen molar-refractivity contribution in [3.05, 3.63) is 78.3 Å². The zero-order valence-corrected chi connectivity index (χ0v) is 18.5. The monoisotopic (exact) mass is 476 g/mol. The van der Waals surface area contributed by atoms with E-state index in [-0.39, 0.29) is 16.6 Å². The van der Waals surface area contributed by atoms with Gasteiger partial charge in [-0.1, -0.05) is 30.5 Å². The predicted octanol–water partition coefficient (Wildman–Crippen LogP) is 4.76. The fraction of sp³-hybridized carbons (Fsp3) is 0.217. The zero-order chi connectivity index (χ0) is 23.1. The average Bonchev–Trinajstić information content (AvgIpc) is 3.29. The maximum atomic E-state index is 15.1. The molecule has 11 heteroatoms. The summed E-state index contributed by atoms with van der Waals surface area (Å²) in [5.74, 6) is 0.745. The van der Waals surface area contributed by atoms with Crippen LogP contribution in [0.15, 0.2) is 66.2 Å². The van der Waals surface area contributed by atoms with E-state index >= 15 is 4.39 Å². The van der Waals surface area contributed by atoms with Crippen LogP contribution in [0.25, 0.3) is 28.1 Å². The number of benzene rings is 1. The van der Waals surface area contributed by atoms with Gasteiger partial charge in [-0.2, -0.15) is 9.78 Å². The Kier molecular flexibility index (Phi) is 5.14. The van der Waals surface area contributed by atoms with Gasteiger partial charge in [0.05, 0.1) is 40.4 Å². The minimum Gasteiger partial charge on any atom is -0.443 e. The summed E-state index contributed by atoms with van der Waals surface area (Å²) < 4.78 is 23.8. The van der Waals surface area contributed by atoms with Gasteiger partial charge in [-0.3, -0.25) is 9.67 Å². The molecular formula is C23H18ClFN8O. The largest absolute Gasteiger partial charge is 0.443 e. The van der Waals surface area contributed by atoms with Gasteiger partial charge in [0.25, 0.3) is 0 Å². The van der Waals surface area contributed by atoms with Crippen molar-refractivity contribution in [1.82, 2.24) is 40.0 Å².